The first kappa shape index (κ1) is 15.2. The number of halogens is 1. The number of benzene rings is 1. The molecule has 1 aromatic carbocycles. The maximum Gasteiger partial charge on any atom is 0.261 e. The van der Waals surface area contributed by atoms with E-state index < -0.39 is 6.10 Å². The van der Waals surface area contributed by atoms with Crippen molar-refractivity contribution in [2.24, 2.45) is 0 Å². The molecule has 0 bridgehead atoms. The molecule has 0 aromatic heterocycles. The average molecular weight is 323 g/mol. The van der Waals surface area contributed by atoms with Gasteiger partial charge in [0, 0.05) is 37.5 Å². The number of hydrogen-bond donors (Lipinski definition) is 1. The highest BCUT2D eigenvalue weighted by molar-refractivity contribution is 6.30. The van der Waals surface area contributed by atoms with Crippen LogP contribution in [0.5, 0.6) is 5.75 Å². The molecule has 3 rings (SSSR count). The van der Waals surface area contributed by atoms with Crippen LogP contribution in [0.4, 0.5) is 0 Å². The number of fused-ring (bicyclic) bond motifs is 1. The van der Waals surface area contributed by atoms with E-state index >= 15 is 0 Å². The van der Waals surface area contributed by atoms with Crippen molar-refractivity contribution in [2.75, 3.05) is 19.6 Å². The molecule has 1 N–H and O–H groups in total. The number of amides is 2. The predicted molar refractivity (Wildman–Crippen MR) is 83.0 cm³/mol. The van der Waals surface area contributed by atoms with Gasteiger partial charge in [0.05, 0.1) is 0 Å². The van der Waals surface area contributed by atoms with E-state index in [9.17, 15) is 9.59 Å². The van der Waals surface area contributed by atoms with E-state index in [1.165, 1.54) is 0 Å². The van der Waals surface area contributed by atoms with E-state index in [0.717, 1.165) is 31.5 Å². The number of carbonyl (C=O) groups is 2. The Morgan fingerprint density at radius 2 is 2.09 bits per heavy atom. The van der Waals surface area contributed by atoms with Crippen LogP contribution in [0, 0.1) is 0 Å². The summed E-state index contributed by atoms with van der Waals surface area (Å²) < 4.78 is 5.62. The second kappa shape index (κ2) is 6.57. The summed E-state index contributed by atoms with van der Waals surface area (Å²) in [6.45, 7) is 2.04. The van der Waals surface area contributed by atoms with Crippen LogP contribution in [0.1, 0.15) is 24.8 Å². The van der Waals surface area contributed by atoms with E-state index in [2.05, 4.69) is 5.32 Å². The second-order valence-corrected chi connectivity index (χ2v) is 6.13. The number of ether oxygens (including phenoxy) is 1. The normalized spacial score (nSPS) is 19.7. The van der Waals surface area contributed by atoms with Gasteiger partial charge in [-0.25, -0.2) is 0 Å². The van der Waals surface area contributed by atoms with Crippen LogP contribution in [0.15, 0.2) is 18.2 Å². The van der Waals surface area contributed by atoms with E-state index in [-0.39, 0.29) is 11.8 Å². The molecule has 0 saturated carbocycles. The molecule has 1 aromatic rings. The summed E-state index contributed by atoms with van der Waals surface area (Å²) >= 11 is 5.93. The van der Waals surface area contributed by atoms with Crippen molar-refractivity contribution in [1.82, 2.24) is 10.2 Å². The van der Waals surface area contributed by atoms with Crippen molar-refractivity contribution in [3.05, 3.63) is 28.8 Å². The summed E-state index contributed by atoms with van der Waals surface area (Å²) in [5.74, 6) is 0.638. The van der Waals surface area contributed by atoms with Crippen LogP contribution in [0.2, 0.25) is 5.02 Å². The van der Waals surface area contributed by atoms with Crippen LogP contribution < -0.4 is 10.1 Å². The fourth-order valence-corrected chi connectivity index (χ4v) is 3.09. The molecule has 22 heavy (non-hydrogen) atoms. The number of likely N-dealkylation sites (tertiary alicyclic amines) is 1. The summed E-state index contributed by atoms with van der Waals surface area (Å²) in [5.41, 5.74) is 0.945. The third-order valence-electron chi connectivity index (χ3n) is 4.09. The summed E-state index contributed by atoms with van der Waals surface area (Å²) in [6.07, 6.45) is 2.48. The molecule has 1 unspecified atom stereocenters. The average Bonchev–Trinajstić information content (AvgIpc) is 3.15. The maximum absolute atomic E-state index is 12.1. The molecule has 1 fully saturated rings. The molecule has 0 spiro atoms. The Morgan fingerprint density at radius 1 is 1.32 bits per heavy atom. The van der Waals surface area contributed by atoms with Gasteiger partial charge >= 0.3 is 0 Å². The summed E-state index contributed by atoms with van der Waals surface area (Å²) in [4.78, 5) is 25.9. The van der Waals surface area contributed by atoms with Crippen molar-refractivity contribution in [1.29, 1.82) is 0 Å². The lowest BCUT2D eigenvalue weighted by Gasteiger charge is -2.16. The smallest absolute Gasteiger partial charge is 0.261 e. The number of nitrogens with zero attached hydrogens (tertiary/aromatic N) is 1. The van der Waals surface area contributed by atoms with Gasteiger partial charge in [0.2, 0.25) is 5.91 Å². The minimum absolute atomic E-state index is 0.111. The van der Waals surface area contributed by atoms with Gasteiger partial charge in [-0.15, -0.1) is 0 Å². The molecule has 2 amide bonds. The Balaban J connectivity index is 1.44. The molecule has 2 heterocycles. The third kappa shape index (κ3) is 3.35. The van der Waals surface area contributed by atoms with Crippen molar-refractivity contribution >= 4 is 23.4 Å². The van der Waals surface area contributed by atoms with Gasteiger partial charge in [0.25, 0.3) is 5.91 Å². The van der Waals surface area contributed by atoms with Crippen LogP contribution in [-0.2, 0) is 16.0 Å². The van der Waals surface area contributed by atoms with Crippen LogP contribution in [0.3, 0.4) is 0 Å². The van der Waals surface area contributed by atoms with E-state index in [1.54, 1.807) is 12.1 Å². The Kier molecular flexibility index (Phi) is 4.52. The molecule has 1 saturated heterocycles. The highest BCUT2D eigenvalue weighted by Crippen LogP contribution is 2.31. The van der Waals surface area contributed by atoms with E-state index in [0.29, 0.717) is 30.2 Å². The van der Waals surface area contributed by atoms with Crippen LogP contribution in [0.25, 0.3) is 0 Å². The molecular formula is C16H19ClN2O3. The Labute approximate surface area is 134 Å². The molecule has 118 valence electrons. The van der Waals surface area contributed by atoms with Gasteiger partial charge in [0.1, 0.15) is 5.75 Å². The first-order valence-corrected chi connectivity index (χ1v) is 8.02. The van der Waals surface area contributed by atoms with Gasteiger partial charge < -0.3 is 15.0 Å². The van der Waals surface area contributed by atoms with Crippen molar-refractivity contribution < 1.29 is 14.3 Å². The quantitative estimate of drug-likeness (QED) is 0.919. The van der Waals surface area contributed by atoms with Crippen LogP contribution in [-0.4, -0.2) is 42.5 Å². The first-order valence-electron chi connectivity index (χ1n) is 7.64. The number of hydrogen-bond acceptors (Lipinski definition) is 3. The molecule has 0 radical (unpaired) electrons. The standard InChI is InChI=1S/C16H19ClN2O3/c17-12-3-4-13-11(9-12)10-14(22-13)16(21)18-6-5-15(20)19-7-1-2-8-19/h3-4,9,14H,1-2,5-8,10H2,(H,18,21). The Morgan fingerprint density at radius 3 is 2.86 bits per heavy atom. The zero-order valence-corrected chi connectivity index (χ0v) is 13.1. The Bertz CT molecular complexity index is 585. The first-order chi connectivity index (χ1) is 10.6. The van der Waals surface area contributed by atoms with Gasteiger partial charge in [-0.3, -0.25) is 9.59 Å². The lowest BCUT2D eigenvalue weighted by atomic mass is 10.1. The third-order valence-corrected chi connectivity index (χ3v) is 4.32. The molecular weight excluding hydrogens is 304 g/mol. The monoisotopic (exact) mass is 322 g/mol. The zero-order valence-electron chi connectivity index (χ0n) is 12.3. The van der Waals surface area contributed by atoms with E-state index in [1.807, 2.05) is 11.0 Å². The molecule has 1 atom stereocenters. The maximum atomic E-state index is 12.1. The number of rotatable bonds is 4. The van der Waals surface area contributed by atoms with Gasteiger partial charge in [-0.05, 0) is 36.6 Å². The number of carbonyl (C=O) groups excluding carboxylic acids is 2. The molecule has 6 heteroatoms. The van der Waals surface area contributed by atoms with Crippen molar-refractivity contribution in [3.63, 3.8) is 0 Å². The van der Waals surface area contributed by atoms with Gasteiger partial charge in [0.15, 0.2) is 6.10 Å². The van der Waals surface area contributed by atoms with Crippen LogP contribution >= 0.6 is 11.6 Å². The topological polar surface area (TPSA) is 58.6 Å². The predicted octanol–water partition coefficient (Wildman–Crippen LogP) is 1.77. The van der Waals surface area contributed by atoms with E-state index in [4.69, 9.17) is 16.3 Å². The minimum atomic E-state index is -0.532. The summed E-state index contributed by atoms with van der Waals surface area (Å²) in [7, 11) is 0. The SMILES string of the molecule is O=C(NCCC(=O)N1CCCC1)C1Cc2cc(Cl)ccc2O1. The second-order valence-electron chi connectivity index (χ2n) is 5.69. The molecule has 0 aliphatic carbocycles. The fourth-order valence-electron chi connectivity index (χ4n) is 2.89. The largest absolute Gasteiger partial charge is 0.480 e. The molecule has 2 aliphatic heterocycles. The fraction of sp³-hybridized carbons (Fsp3) is 0.500. The van der Waals surface area contributed by atoms with Gasteiger partial charge in [-0.1, -0.05) is 11.6 Å². The summed E-state index contributed by atoms with van der Waals surface area (Å²) in [5, 5.41) is 3.42. The minimum Gasteiger partial charge on any atom is -0.480 e. The van der Waals surface area contributed by atoms with Gasteiger partial charge in [-0.2, -0.15) is 0 Å². The lowest BCUT2D eigenvalue weighted by Crippen LogP contribution is -2.39. The highest BCUT2D eigenvalue weighted by Gasteiger charge is 2.29. The number of nitrogens with one attached hydrogen (secondary N) is 1. The Hall–Kier alpha value is -1.75. The molecule has 5 nitrogen and oxygen atoms in total. The molecule has 2 aliphatic rings. The lowest BCUT2D eigenvalue weighted by molar-refractivity contribution is -0.130. The van der Waals surface area contributed by atoms with Crippen molar-refractivity contribution in [2.45, 2.75) is 31.8 Å². The highest BCUT2D eigenvalue weighted by atomic mass is 35.5. The zero-order chi connectivity index (χ0) is 15.5. The van der Waals surface area contributed by atoms with Crippen molar-refractivity contribution in [3.8, 4) is 5.75 Å². The summed E-state index contributed by atoms with van der Waals surface area (Å²) in [6, 6.07) is 5.35.